The Hall–Kier alpha value is -3.22. The maximum absolute atomic E-state index is 12.5. The zero-order chi connectivity index (χ0) is 19.1. The average Bonchev–Trinajstić information content (AvgIpc) is 2.62. The highest BCUT2D eigenvalue weighted by Crippen LogP contribution is 2.18. The third kappa shape index (κ3) is 5.41. The van der Waals surface area contributed by atoms with Gasteiger partial charge in [0.05, 0.1) is 4.92 Å². The molecule has 0 aromatic heterocycles. The van der Waals surface area contributed by atoms with Crippen LogP contribution in [-0.4, -0.2) is 22.8 Å². The van der Waals surface area contributed by atoms with E-state index in [0.717, 1.165) is 0 Å². The van der Waals surface area contributed by atoms with Crippen LogP contribution in [0.5, 0.6) is 5.75 Å². The van der Waals surface area contributed by atoms with Crippen LogP contribution in [0.25, 0.3) is 0 Å². The first-order chi connectivity index (χ1) is 12.4. The van der Waals surface area contributed by atoms with Crippen LogP contribution < -0.4 is 10.1 Å². The van der Waals surface area contributed by atoms with Gasteiger partial charge in [0.15, 0.2) is 0 Å². The molecule has 136 valence electrons. The fourth-order valence-corrected chi connectivity index (χ4v) is 2.34. The molecular formula is C19H20N2O5. The van der Waals surface area contributed by atoms with Gasteiger partial charge in [-0.05, 0) is 36.6 Å². The van der Waals surface area contributed by atoms with Crippen LogP contribution in [0.1, 0.15) is 30.6 Å². The normalized spacial score (nSPS) is 11.7. The number of non-ortho nitro benzene ring substituents is 1. The number of nitrogens with one attached hydrogen (secondary N) is 1. The molecule has 0 aliphatic rings. The van der Waals surface area contributed by atoms with Gasteiger partial charge in [-0.25, -0.2) is 4.79 Å². The van der Waals surface area contributed by atoms with Gasteiger partial charge >= 0.3 is 5.97 Å². The largest absolute Gasteiger partial charge is 0.425 e. The van der Waals surface area contributed by atoms with Crippen molar-refractivity contribution < 1.29 is 19.2 Å². The summed E-state index contributed by atoms with van der Waals surface area (Å²) in [7, 11) is 0. The van der Waals surface area contributed by atoms with Gasteiger partial charge in [-0.1, -0.05) is 32.0 Å². The Labute approximate surface area is 151 Å². The van der Waals surface area contributed by atoms with Gasteiger partial charge in [-0.3, -0.25) is 14.9 Å². The summed E-state index contributed by atoms with van der Waals surface area (Å²) in [4.78, 5) is 34.9. The molecule has 1 atom stereocenters. The molecule has 2 aromatic rings. The number of carbonyl (C=O) groups is 2. The van der Waals surface area contributed by atoms with Gasteiger partial charge in [0.25, 0.3) is 11.6 Å². The number of carbonyl (C=O) groups excluding carboxylic acids is 2. The van der Waals surface area contributed by atoms with Crippen LogP contribution in [0.3, 0.4) is 0 Å². The van der Waals surface area contributed by atoms with E-state index in [-0.39, 0.29) is 23.3 Å². The van der Waals surface area contributed by atoms with Crippen molar-refractivity contribution in [3.63, 3.8) is 0 Å². The van der Waals surface area contributed by atoms with Crippen molar-refractivity contribution in [1.29, 1.82) is 0 Å². The standard InChI is InChI=1S/C19H20N2O5/c1-13(2)12-17(20-18(22)14-6-4-3-5-7-14)19(23)26-16-10-8-15(9-11-16)21(24)25/h3-11,13,17H,12H2,1-2H3,(H,20,22). The molecule has 0 aliphatic heterocycles. The molecule has 0 saturated heterocycles. The summed E-state index contributed by atoms with van der Waals surface area (Å²) < 4.78 is 5.27. The van der Waals surface area contributed by atoms with Crippen molar-refractivity contribution in [2.45, 2.75) is 26.3 Å². The molecule has 2 rings (SSSR count). The van der Waals surface area contributed by atoms with Crippen molar-refractivity contribution in [2.75, 3.05) is 0 Å². The number of rotatable bonds is 7. The van der Waals surface area contributed by atoms with Gasteiger partial charge < -0.3 is 10.1 Å². The molecule has 0 fully saturated rings. The number of hydrogen-bond acceptors (Lipinski definition) is 5. The van der Waals surface area contributed by atoms with E-state index >= 15 is 0 Å². The van der Waals surface area contributed by atoms with Crippen LogP contribution in [0.4, 0.5) is 5.69 Å². The highest BCUT2D eigenvalue weighted by molar-refractivity contribution is 5.96. The predicted molar refractivity (Wildman–Crippen MR) is 95.9 cm³/mol. The Morgan fingerprint density at radius 2 is 1.69 bits per heavy atom. The summed E-state index contributed by atoms with van der Waals surface area (Å²) in [5.74, 6) is -0.641. The predicted octanol–water partition coefficient (Wildman–Crippen LogP) is 3.34. The first-order valence-corrected chi connectivity index (χ1v) is 8.19. The molecule has 0 saturated carbocycles. The first kappa shape index (κ1) is 19.1. The third-order valence-electron chi connectivity index (χ3n) is 3.60. The van der Waals surface area contributed by atoms with Gasteiger partial charge in [0.2, 0.25) is 0 Å². The Balaban J connectivity index is 2.08. The number of nitro groups is 1. The fraction of sp³-hybridized carbons (Fsp3) is 0.263. The van der Waals surface area contributed by atoms with Gasteiger partial charge in [0.1, 0.15) is 11.8 Å². The van der Waals surface area contributed by atoms with Crippen molar-refractivity contribution in [1.82, 2.24) is 5.32 Å². The topological polar surface area (TPSA) is 98.5 Å². The lowest BCUT2D eigenvalue weighted by atomic mass is 10.0. The second-order valence-corrected chi connectivity index (χ2v) is 6.19. The van der Waals surface area contributed by atoms with Crippen LogP contribution >= 0.6 is 0 Å². The van der Waals surface area contributed by atoms with Crippen molar-refractivity contribution >= 4 is 17.6 Å². The van der Waals surface area contributed by atoms with Crippen molar-refractivity contribution in [3.05, 3.63) is 70.3 Å². The maximum atomic E-state index is 12.5. The summed E-state index contributed by atoms with van der Waals surface area (Å²) in [6.07, 6.45) is 0.407. The minimum Gasteiger partial charge on any atom is -0.425 e. The van der Waals surface area contributed by atoms with E-state index in [9.17, 15) is 19.7 Å². The average molecular weight is 356 g/mol. The summed E-state index contributed by atoms with van der Waals surface area (Å²) in [5.41, 5.74) is 0.352. The van der Waals surface area contributed by atoms with Crippen LogP contribution in [-0.2, 0) is 4.79 Å². The molecule has 1 amide bonds. The number of nitro benzene ring substituents is 1. The fourth-order valence-electron chi connectivity index (χ4n) is 2.34. The zero-order valence-corrected chi connectivity index (χ0v) is 14.5. The number of nitrogens with zero attached hydrogens (tertiary/aromatic N) is 1. The highest BCUT2D eigenvalue weighted by atomic mass is 16.6. The molecule has 1 unspecified atom stereocenters. The first-order valence-electron chi connectivity index (χ1n) is 8.19. The van der Waals surface area contributed by atoms with Gasteiger partial charge in [-0.15, -0.1) is 0 Å². The molecule has 0 aliphatic carbocycles. The highest BCUT2D eigenvalue weighted by Gasteiger charge is 2.24. The summed E-state index contributed by atoms with van der Waals surface area (Å²) in [6.45, 7) is 3.86. The zero-order valence-electron chi connectivity index (χ0n) is 14.5. The quantitative estimate of drug-likeness (QED) is 0.355. The van der Waals surface area contributed by atoms with E-state index in [1.165, 1.54) is 24.3 Å². The number of amides is 1. The van der Waals surface area contributed by atoms with E-state index in [1.807, 2.05) is 13.8 Å². The Bertz CT molecular complexity index is 772. The summed E-state index contributed by atoms with van der Waals surface area (Å²) in [5, 5.41) is 13.4. The monoisotopic (exact) mass is 356 g/mol. The van der Waals surface area contributed by atoms with Crippen molar-refractivity contribution in [2.24, 2.45) is 5.92 Å². The van der Waals surface area contributed by atoms with E-state index in [4.69, 9.17) is 4.74 Å². The lowest BCUT2D eigenvalue weighted by Crippen LogP contribution is -2.43. The smallest absolute Gasteiger partial charge is 0.334 e. The Morgan fingerprint density at radius 3 is 2.23 bits per heavy atom. The SMILES string of the molecule is CC(C)CC(NC(=O)c1ccccc1)C(=O)Oc1ccc([N+](=O)[O-])cc1. The molecule has 26 heavy (non-hydrogen) atoms. The Kier molecular flexibility index (Phi) is 6.43. The number of ether oxygens (including phenoxy) is 1. The van der Waals surface area contributed by atoms with Crippen molar-refractivity contribution in [3.8, 4) is 5.75 Å². The molecule has 2 aromatic carbocycles. The molecule has 7 heteroatoms. The molecule has 0 bridgehead atoms. The van der Waals surface area contributed by atoms with Crippen LogP contribution in [0.15, 0.2) is 54.6 Å². The van der Waals surface area contributed by atoms with E-state index in [1.54, 1.807) is 30.3 Å². The van der Waals surface area contributed by atoms with Crippen LogP contribution in [0.2, 0.25) is 0 Å². The van der Waals surface area contributed by atoms with E-state index < -0.39 is 16.9 Å². The summed E-state index contributed by atoms with van der Waals surface area (Å²) in [6, 6.07) is 13.0. The van der Waals surface area contributed by atoms with Gasteiger partial charge in [0, 0.05) is 17.7 Å². The molecule has 0 spiro atoms. The molecular weight excluding hydrogens is 336 g/mol. The summed E-state index contributed by atoms with van der Waals surface area (Å²) >= 11 is 0. The minimum absolute atomic E-state index is 0.0964. The van der Waals surface area contributed by atoms with E-state index in [0.29, 0.717) is 12.0 Å². The minimum atomic E-state index is -0.821. The maximum Gasteiger partial charge on any atom is 0.334 e. The third-order valence-corrected chi connectivity index (χ3v) is 3.60. The molecule has 0 heterocycles. The molecule has 1 N–H and O–H groups in total. The van der Waals surface area contributed by atoms with Gasteiger partial charge in [-0.2, -0.15) is 0 Å². The van der Waals surface area contributed by atoms with E-state index in [2.05, 4.69) is 5.32 Å². The number of hydrogen-bond donors (Lipinski definition) is 1. The molecule has 7 nitrogen and oxygen atoms in total. The second kappa shape index (κ2) is 8.75. The Morgan fingerprint density at radius 1 is 1.08 bits per heavy atom. The number of benzene rings is 2. The lowest BCUT2D eigenvalue weighted by Gasteiger charge is -2.19. The lowest BCUT2D eigenvalue weighted by molar-refractivity contribution is -0.384. The number of esters is 1. The van der Waals surface area contributed by atoms with Crippen LogP contribution in [0, 0.1) is 16.0 Å². The molecule has 0 radical (unpaired) electrons. The second-order valence-electron chi connectivity index (χ2n) is 6.19.